The summed E-state index contributed by atoms with van der Waals surface area (Å²) < 4.78 is 5.08. The quantitative estimate of drug-likeness (QED) is 0.660. The molecule has 1 aromatic heterocycles. The minimum Gasteiger partial charge on any atom is -0.462 e. The molecule has 0 fully saturated rings. The van der Waals surface area contributed by atoms with Gasteiger partial charge < -0.3 is 15.4 Å². The van der Waals surface area contributed by atoms with Crippen LogP contribution in [0.15, 0.2) is 66.9 Å². The number of para-hydroxylation sites is 2. The monoisotopic (exact) mass is 334 g/mol. The zero-order valence-electron chi connectivity index (χ0n) is 13.8. The smallest absolute Gasteiger partial charge is 0.340 e. The summed E-state index contributed by atoms with van der Waals surface area (Å²) in [5, 5.41) is 6.28. The van der Waals surface area contributed by atoms with Gasteiger partial charge in [-0.25, -0.2) is 9.78 Å². The van der Waals surface area contributed by atoms with E-state index in [2.05, 4.69) is 20.6 Å². The number of esters is 1. The second kappa shape index (κ2) is 7.92. The van der Waals surface area contributed by atoms with Crippen LogP contribution in [0.2, 0.25) is 0 Å². The maximum atomic E-state index is 12.1. The molecule has 0 amide bonds. The zero-order valence-corrected chi connectivity index (χ0v) is 13.8. The Hall–Kier alpha value is -3.41. The highest BCUT2D eigenvalue weighted by atomic mass is 16.5. The van der Waals surface area contributed by atoms with Gasteiger partial charge in [0.25, 0.3) is 0 Å². The first-order valence-corrected chi connectivity index (χ1v) is 7.94. The maximum absolute atomic E-state index is 12.1. The van der Waals surface area contributed by atoms with Crippen LogP contribution in [0.1, 0.15) is 17.3 Å². The summed E-state index contributed by atoms with van der Waals surface area (Å²) in [5.74, 6) is 0.664. The van der Waals surface area contributed by atoms with Gasteiger partial charge in [0.1, 0.15) is 5.82 Å². The van der Waals surface area contributed by atoms with Gasteiger partial charge in [0.2, 0.25) is 5.95 Å². The van der Waals surface area contributed by atoms with E-state index in [0.717, 1.165) is 5.69 Å². The average Bonchev–Trinajstić information content (AvgIpc) is 2.63. The first-order chi connectivity index (χ1) is 12.3. The predicted molar refractivity (Wildman–Crippen MR) is 97.4 cm³/mol. The lowest BCUT2D eigenvalue weighted by molar-refractivity contribution is 0.0527. The first-order valence-electron chi connectivity index (χ1n) is 7.94. The Morgan fingerprint density at radius 1 is 1.00 bits per heavy atom. The molecule has 0 aliphatic carbocycles. The lowest BCUT2D eigenvalue weighted by Crippen LogP contribution is -2.08. The van der Waals surface area contributed by atoms with Crippen molar-refractivity contribution >= 4 is 29.1 Å². The fourth-order valence-electron chi connectivity index (χ4n) is 2.26. The van der Waals surface area contributed by atoms with E-state index >= 15 is 0 Å². The molecule has 2 aromatic carbocycles. The molecule has 0 spiro atoms. The summed E-state index contributed by atoms with van der Waals surface area (Å²) in [5.41, 5.74) is 1.98. The highest BCUT2D eigenvalue weighted by Gasteiger charge is 2.12. The Morgan fingerprint density at radius 3 is 2.56 bits per heavy atom. The summed E-state index contributed by atoms with van der Waals surface area (Å²) in [6.45, 7) is 2.10. The predicted octanol–water partition coefficient (Wildman–Crippen LogP) is 4.14. The van der Waals surface area contributed by atoms with Crippen LogP contribution in [-0.2, 0) is 4.74 Å². The third-order valence-corrected chi connectivity index (χ3v) is 3.37. The number of hydrogen-bond acceptors (Lipinski definition) is 6. The molecular formula is C19H18N4O2. The molecule has 0 bridgehead atoms. The van der Waals surface area contributed by atoms with Crippen LogP contribution >= 0.6 is 0 Å². The summed E-state index contributed by atoms with van der Waals surface area (Å²) in [6, 6.07) is 18.5. The van der Waals surface area contributed by atoms with Gasteiger partial charge in [0.15, 0.2) is 0 Å². The molecule has 6 heteroatoms. The van der Waals surface area contributed by atoms with Gasteiger partial charge in [-0.15, -0.1) is 0 Å². The summed E-state index contributed by atoms with van der Waals surface area (Å²) >= 11 is 0. The number of nitrogens with one attached hydrogen (secondary N) is 2. The van der Waals surface area contributed by atoms with Crippen LogP contribution in [0.4, 0.5) is 23.1 Å². The van der Waals surface area contributed by atoms with Gasteiger partial charge in [-0.1, -0.05) is 30.3 Å². The van der Waals surface area contributed by atoms with Gasteiger partial charge in [0, 0.05) is 11.9 Å². The van der Waals surface area contributed by atoms with E-state index in [1.165, 1.54) is 0 Å². The van der Waals surface area contributed by atoms with Crippen LogP contribution in [0.3, 0.4) is 0 Å². The fourth-order valence-corrected chi connectivity index (χ4v) is 2.26. The van der Waals surface area contributed by atoms with Crippen molar-refractivity contribution in [3.05, 3.63) is 72.4 Å². The molecule has 0 unspecified atom stereocenters. The van der Waals surface area contributed by atoms with E-state index in [1.54, 1.807) is 37.4 Å². The molecule has 6 nitrogen and oxygen atoms in total. The molecule has 0 radical (unpaired) electrons. The van der Waals surface area contributed by atoms with Crippen molar-refractivity contribution in [3.8, 4) is 0 Å². The van der Waals surface area contributed by atoms with Gasteiger partial charge in [-0.3, -0.25) is 0 Å². The van der Waals surface area contributed by atoms with E-state index in [0.29, 0.717) is 29.6 Å². The standard InChI is InChI=1S/C19H18N4O2/c1-2-25-18(24)15-10-6-7-11-16(15)22-17-12-13-20-19(23-17)21-14-8-4-3-5-9-14/h3-13H,2H2,1H3,(H2,20,21,22,23). The third kappa shape index (κ3) is 4.32. The van der Waals surface area contributed by atoms with Crippen LogP contribution < -0.4 is 10.6 Å². The average molecular weight is 334 g/mol. The maximum Gasteiger partial charge on any atom is 0.340 e. The number of ether oxygens (including phenoxy) is 1. The third-order valence-electron chi connectivity index (χ3n) is 3.37. The van der Waals surface area contributed by atoms with Crippen LogP contribution in [0.5, 0.6) is 0 Å². The van der Waals surface area contributed by atoms with Crippen molar-refractivity contribution in [2.24, 2.45) is 0 Å². The van der Waals surface area contributed by atoms with E-state index in [1.807, 2.05) is 36.4 Å². The number of benzene rings is 2. The number of hydrogen-bond donors (Lipinski definition) is 2. The second-order valence-electron chi connectivity index (χ2n) is 5.15. The van der Waals surface area contributed by atoms with Gasteiger partial charge in [0.05, 0.1) is 17.9 Å². The van der Waals surface area contributed by atoms with Crippen LogP contribution in [0.25, 0.3) is 0 Å². The normalized spacial score (nSPS) is 10.1. The number of nitrogens with zero attached hydrogens (tertiary/aromatic N) is 2. The molecule has 3 rings (SSSR count). The molecule has 0 saturated heterocycles. The molecule has 25 heavy (non-hydrogen) atoms. The van der Waals surface area contributed by atoms with E-state index in [4.69, 9.17) is 4.74 Å². The van der Waals surface area contributed by atoms with E-state index in [9.17, 15) is 4.79 Å². The van der Waals surface area contributed by atoms with Gasteiger partial charge in [-0.05, 0) is 37.3 Å². The number of aromatic nitrogens is 2. The molecular weight excluding hydrogens is 316 g/mol. The van der Waals surface area contributed by atoms with Crippen molar-refractivity contribution in [2.45, 2.75) is 6.92 Å². The van der Waals surface area contributed by atoms with Crippen LogP contribution in [0, 0.1) is 0 Å². The molecule has 126 valence electrons. The van der Waals surface area contributed by atoms with E-state index < -0.39 is 0 Å². The Kier molecular flexibility index (Phi) is 5.21. The SMILES string of the molecule is CCOC(=O)c1ccccc1Nc1ccnc(Nc2ccccc2)n1. The Labute approximate surface area is 145 Å². The number of anilines is 4. The summed E-state index contributed by atoms with van der Waals surface area (Å²) in [6.07, 6.45) is 1.65. The summed E-state index contributed by atoms with van der Waals surface area (Å²) in [4.78, 5) is 20.7. The Balaban J connectivity index is 1.80. The minimum atomic E-state index is -0.373. The zero-order chi connectivity index (χ0) is 17.5. The number of carbonyl (C=O) groups excluding carboxylic acids is 1. The molecule has 0 aliphatic heterocycles. The molecule has 2 N–H and O–H groups in total. The molecule has 1 heterocycles. The highest BCUT2D eigenvalue weighted by Crippen LogP contribution is 2.21. The Morgan fingerprint density at radius 2 is 1.76 bits per heavy atom. The molecule has 0 atom stereocenters. The Bertz CT molecular complexity index is 853. The topological polar surface area (TPSA) is 76.1 Å². The van der Waals surface area contributed by atoms with E-state index in [-0.39, 0.29) is 5.97 Å². The number of rotatable bonds is 6. The highest BCUT2D eigenvalue weighted by molar-refractivity contribution is 5.96. The van der Waals surface area contributed by atoms with Crippen molar-refractivity contribution in [1.82, 2.24) is 9.97 Å². The van der Waals surface area contributed by atoms with Gasteiger partial charge in [-0.2, -0.15) is 4.98 Å². The summed E-state index contributed by atoms with van der Waals surface area (Å²) in [7, 11) is 0. The van der Waals surface area contributed by atoms with Crippen molar-refractivity contribution in [2.75, 3.05) is 17.2 Å². The van der Waals surface area contributed by atoms with Crippen LogP contribution in [-0.4, -0.2) is 22.5 Å². The second-order valence-corrected chi connectivity index (χ2v) is 5.15. The largest absolute Gasteiger partial charge is 0.462 e. The molecule has 0 aliphatic rings. The van der Waals surface area contributed by atoms with Crippen molar-refractivity contribution in [1.29, 1.82) is 0 Å². The van der Waals surface area contributed by atoms with Crippen molar-refractivity contribution in [3.63, 3.8) is 0 Å². The molecule has 3 aromatic rings. The van der Waals surface area contributed by atoms with Gasteiger partial charge >= 0.3 is 5.97 Å². The first kappa shape index (κ1) is 16.4. The lowest BCUT2D eigenvalue weighted by atomic mass is 10.2. The fraction of sp³-hybridized carbons (Fsp3) is 0.105. The van der Waals surface area contributed by atoms with Crippen molar-refractivity contribution < 1.29 is 9.53 Å². The minimum absolute atomic E-state index is 0.325. The number of carbonyl (C=O) groups is 1. The molecule has 0 saturated carbocycles. The lowest BCUT2D eigenvalue weighted by Gasteiger charge is -2.11.